The van der Waals surface area contributed by atoms with Crippen molar-refractivity contribution in [3.05, 3.63) is 12.2 Å². The second kappa shape index (κ2) is 5.52. The smallest absolute Gasteiger partial charge is 0.0211 e. The minimum absolute atomic E-state index is 0.801. The van der Waals surface area contributed by atoms with Gasteiger partial charge in [0.15, 0.2) is 0 Å². The first-order chi connectivity index (χ1) is 4.72. The summed E-state index contributed by atoms with van der Waals surface area (Å²) in [5, 5.41) is 0. The highest BCUT2D eigenvalue weighted by atomic mass is 14.1. The van der Waals surface area contributed by atoms with E-state index in [-0.39, 0.29) is 0 Å². The molecule has 0 saturated heterocycles. The van der Waals surface area contributed by atoms with Crippen molar-refractivity contribution < 1.29 is 0 Å². The number of allylic oxidation sites excluding steroid dienone is 2. The van der Waals surface area contributed by atoms with Crippen molar-refractivity contribution in [2.24, 2.45) is 11.8 Å². The van der Waals surface area contributed by atoms with Gasteiger partial charge in [0.05, 0.1) is 0 Å². The molecule has 0 nitrogen and oxygen atoms in total. The summed E-state index contributed by atoms with van der Waals surface area (Å²) in [7, 11) is 0. The molecule has 0 rings (SSSR count). The van der Waals surface area contributed by atoms with Gasteiger partial charge in [-0.2, -0.15) is 0 Å². The Hall–Kier alpha value is -0.260. The zero-order valence-corrected chi connectivity index (χ0v) is 7.72. The summed E-state index contributed by atoms with van der Waals surface area (Å²) in [6, 6.07) is 0. The second-order valence-corrected chi connectivity index (χ2v) is 3.22. The van der Waals surface area contributed by atoms with Crippen LogP contribution in [0.4, 0.5) is 0 Å². The summed E-state index contributed by atoms with van der Waals surface area (Å²) in [4.78, 5) is 0. The van der Waals surface area contributed by atoms with Crippen molar-refractivity contribution in [1.29, 1.82) is 0 Å². The molecular weight excluding hydrogens is 120 g/mol. The van der Waals surface area contributed by atoms with E-state index in [2.05, 4.69) is 39.8 Å². The minimum atomic E-state index is 0.801. The quantitative estimate of drug-likeness (QED) is 0.523. The normalized spacial score (nSPS) is 14.9. The predicted octanol–water partition coefficient (Wildman–Crippen LogP) is 3.63. The summed E-state index contributed by atoms with van der Waals surface area (Å²) in [6.07, 6.45) is 7.13. The van der Waals surface area contributed by atoms with Crippen LogP contribution < -0.4 is 0 Å². The van der Waals surface area contributed by atoms with Crippen molar-refractivity contribution in [3.63, 3.8) is 0 Å². The Morgan fingerprint density at radius 2 is 1.90 bits per heavy atom. The molecule has 0 aliphatic rings. The number of hydrogen-bond acceptors (Lipinski definition) is 0. The average Bonchev–Trinajstić information content (AvgIpc) is 1.87. The fourth-order valence-electron chi connectivity index (χ4n) is 1.23. The molecule has 0 aromatic heterocycles. The van der Waals surface area contributed by atoms with Crippen LogP contribution in [-0.4, -0.2) is 0 Å². The molecule has 1 atom stereocenters. The van der Waals surface area contributed by atoms with Gasteiger partial charge in [-0.1, -0.05) is 39.3 Å². The van der Waals surface area contributed by atoms with Gasteiger partial charge in [0.2, 0.25) is 0 Å². The SMILES string of the molecule is CC=CC(CCC)C(C)C. The fraction of sp³-hybridized carbons (Fsp3) is 0.800. The first kappa shape index (κ1) is 9.74. The van der Waals surface area contributed by atoms with Crippen LogP contribution in [0.3, 0.4) is 0 Å². The van der Waals surface area contributed by atoms with Gasteiger partial charge in [-0.05, 0) is 25.2 Å². The van der Waals surface area contributed by atoms with Gasteiger partial charge >= 0.3 is 0 Å². The van der Waals surface area contributed by atoms with Crippen molar-refractivity contribution >= 4 is 0 Å². The van der Waals surface area contributed by atoms with Crippen molar-refractivity contribution in [2.75, 3.05) is 0 Å². The van der Waals surface area contributed by atoms with Gasteiger partial charge in [0.25, 0.3) is 0 Å². The lowest BCUT2D eigenvalue weighted by atomic mass is 9.91. The van der Waals surface area contributed by atoms with E-state index in [4.69, 9.17) is 0 Å². The Balaban J connectivity index is 3.72. The molecule has 0 aliphatic heterocycles. The molecule has 1 unspecified atom stereocenters. The molecule has 0 spiro atoms. The van der Waals surface area contributed by atoms with Crippen molar-refractivity contribution in [2.45, 2.75) is 40.5 Å². The van der Waals surface area contributed by atoms with Crippen LogP contribution >= 0.6 is 0 Å². The molecular formula is C10H20. The third kappa shape index (κ3) is 3.71. The molecule has 0 aromatic carbocycles. The first-order valence-electron chi connectivity index (χ1n) is 4.35. The van der Waals surface area contributed by atoms with Gasteiger partial charge in [0, 0.05) is 0 Å². The van der Waals surface area contributed by atoms with Gasteiger partial charge in [0.1, 0.15) is 0 Å². The topological polar surface area (TPSA) is 0 Å². The summed E-state index contributed by atoms with van der Waals surface area (Å²) in [5.74, 6) is 1.60. The van der Waals surface area contributed by atoms with Crippen LogP contribution in [0, 0.1) is 11.8 Å². The maximum atomic E-state index is 2.33. The zero-order chi connectivity index (χ0) is 7.98. The average molecular weight is 140 g/mol. The molecule has 0 fully saturated rings. The lowest BCUT2D eigenvalue weighted by Crippen LogP contribution is -2.04. The van der Waals surface area contributed by atoms with E-state index in [0.29, 0.717) is 0 Å². The minimum Gasteiger partial charge on any atom is -0.0914 e. The molecule has 0 radical (unpaired) electrons. The third-order valence-corrected chi connectivity index (χ3v) is 1.92. The number of hydrogen-bond donors (Lipinski definition) is 0. The van der Waals surface area contributed by atoms with Crippen LogP contribution in [0.15, 0.2) is 12.2 Å². The highest BCUT2D eigenvalue weighted by molar-refractivity contribution is 4.86. The van der Waals surface area contributed by atoms with E-state index in [1.807, 2.05) is 0 Å². The maximum absolute atomic E-state index is 2.33. The van der Waals surface area contributed by atoms with Gasteiger partial charge < -0.3 is 0 Å². The van der Waals surface area contributed by atoms with Gasteiger partial charge in [-0.15, -0.1) is 0 Å². The molecule has 0 bridgehead atoms. The molecule has 10 heavy (non-hydrogen) atoms. The van der Waals surface area contributed by atoms with Gasteiger partial charge in [-0.25, -0.2) is 0 Å². The Bertz CT molecular complexity index is 90.2. The van der Waals surface area contributed by atoms with E-state index < -0.39 is 0 Å². The largest absolute Gasteiger partial charge is 0.0914 e. The Kier molecular flexibility index (Phi) is 5.38. The maximum Gasteiger partial charge on any atom is -0.0211 e. The van der Waals surface area contributed by atoms with E-state index >= 15 is 0 Å². The third-order valence-electron chi connectivity index (χ3n) is 1.92. The Morgan fingerprint density at radius 1 is 1.30 bits per heavy atom. The van der Waals surface area contributed by atoms with Crippen LogP contribution in [0.2, 0.25) is 0 Å². The molecule has 0 heterocycles. The van der Waals surface area contributed by atoms with E-state index in [1.54, 1.807) is 0 Å². The van der Waals surface area contributed by atoms with Gasteiger partial charge in [-0.3, -0.25) is 0 Å². The monoisotopic (exact) mass is 140 g/mol. The van der Waals surface area contributed by atoms with Crippen molar-refractivity contribution in [3.8, 4) is 0 Å². The summed E-state index contributed by atoms with van der Waals surface area (Å²) < 4.78 is 0. The molecule has 60 valence electrons. The van der Waals surface area contributed by atoms with Crippen LogP contribution in [0.5, 0.6) is 0 Å². The molecule has 0 N–H and O–H groups in total. The van der Waals surface area contributed by atoms with E-state index in [9.17, 15) is 0 Å². The first-order valence-corrected chi connectivity index (χ1v) is 4.35. The van der Waals surface area contributed by atoms with Crippen LogP contribution in [0.1, 0.15) is 40.5 Å². The standard InChI is InChI=1S/C10H20/c1-5-7-10(8-6-2)9(3)4/h5,7,9-10H,6,8H2,1-4H3. The molecule has 0 aromatic rings. The lowest BCUT2D eigenvalue weighted by Gasteiger charge is -2.14. The van der Waals surface area contributed by atoms with Crippen LogP contribution in [-0.2, 0) is 0 Å². The molecule has 0 amide bonds. The predicted molar refractivity (Wildman–Crippen MR) is 48.1 cm³/mol. The number of rotatable bonds is 4. The zero-order valence-electron chi connectivity index (χ0n) is 7.72. The van der Waals surface area contributed by atoms with Crippen molar-refractivity contribution in [1.82, 2.24) is 0 Å². The fourth-order valence-corrected chi connectivity index (χ4v) is 1.23. The lowest BCUT2D eigenvalue weighted by molar-refractivity contribution is 0.432. The molecule has 0 saturated carbocycles. The van der Waals surface area contributed by atoms with Crippen LogP contribution in [0.25, 0.3) is 0 Å². The van der Waals surface area contributed by atoms with E-state index in [0.717, 1.165) is 11.8 Å². The molecule has 0 aliphatic carbocycles. The summed E-state index contributed by atoms with van der Waals surface area (Å²) in [6.45, 7) is 8.94. The Labute approximate surface area is 65.3 Å². The van der Waals surface area contributed by atoms with E-state index in [1.165, 1.54) is 12.8 Å². The molecule has 0 heteroatoms. The summed E-state index contributed by atoms with van der Waals surface area (Å²) >= 11 is 0. The highest BCUT2D eigenvalue weighted by Gasteiger charge is 2.06. The Morgan fingerprint density at radius 3 is 2.20 bits per heavy atom. The second-order valence-electron chi connectivity index (χ2n) is 3.22. The summed E-state index contributed by atoms with van der Waals surface area (Å²) in [5.41, 5.74) is 0. The highest BCUT2D eigenvalue weighted by Crippen LogP contribution is 2.17.